The second-order valence-electron chi connectivity index (χ2n) is 3.09. The molecule has 1 nitrogen and oxygen atoms in total. The molecule has 0 atom stereocenters. The van der Waals surface area contributed by atoms with E-state index < -0.39 is 0 Å². The van der Waals surface area contributed by atoms with E-state index >= 15 is 0 Å². The molecule has 0 bridgehead atoms. The molecule has 0 saturated heterocycles. The third-order valence-electron chi connectivity index (χ3n) is 2.09. The zero-order valence-corrected chi connectivity index (χ0v) is 9.42. The summed E-state index contributed by atoms with van der Waals surface area (Å²) in [7, 11) is 5.72. The summed E-state index contributed by atoms with van der Waals surface area (Å²) in [6.07, 6.45) is 6.01. The quantitative estimate of drug-likeness (QED) is 0.376. The van der Waals surface area contributed by atoms with Gasteiger partial charge in [0.25, 0.3) is 0 Å². The molecule has 0 unspecified atom stereocenters. The normalized spacial score (nSPS) is 14.4. The van der Waals surface area contributed by atoms with Gasteiger partial charge in [-0.1, -0.05) is 30.1 Å². The largest absolute Gasteiger partial charge is 0.294 e. The topological polar surface area (TPSA) is 17.1 Å². The maximum absolute atomic E-state index is 11.4. The van der Waals surface area contributed by atoms with Crippen LogP contribution in [0.25, 0.3) is 0 Å². The van der Waals surface area contributed by atoms with Gasteiger partial charge in [0.05, 0.1) is 0 Å². The molecule has 2 radical (unpaired) electrons. The maximum atomic E-state index is 11.4. The molecule has 0 aromatic rings. The van der Waals surface area contributed by atoms with Crippen LogP contribution in [0, 0.1) is 0 Å². The van der Waals surface area contributed by atoms with E-state index in [1.807, 2.05) is 45.9 Å². The summed E-state index contributed by atoms with van der Waals surface area (Å²) in [5.41, 5.74) is 2.38. The van der Waals surface area contributed by atoms with Crippen LogP contribution in [0.15, 0.2) is 34.8 Å². The van der Waals surface area contributed by atoms with Crippen molar-refractivity contribution >= 4 is 13.6 Å². The molecular formula is C12H17BO. The Morgan fingerprint density at radius 3 is 2.21 bits per heavy atom. The smallest absolute Gasteiger partial charge is 0.162 e. The molecule has 0 aromatic heterocycles. The van der Waals surface area contributed by atoms with Crippen LogP contribution in [0.5, 0.6) is 0 Å². The van der Waals surface area contributed by atoms with Gasteiger partial charge in [-0.05, 0) is 26.8 Å². The fourth-order valence-corrected chi connectivity index (χ4v) is 1.07. The van der Waals surface area contributed by atoms with Crippen molar-refractivity contribution in [3.05, 3.63) is 34.8 Å². The summed E-state index contributed by atoms with van der Waals surface area (Å²) in [5, 5.41) is 0. The van der Waals surface area contributed by atoms with Gasteiger partial charge in [-0.2, -0.15) is 0 Å². The molecule has 0 rings (SSSR count). The van der Waals surface area contributed by atoms with Crippen molar-refractivity contribution in [1.29, 1.82) is 0 Å². The lowest BCUT2D eigenvalue weighted by Gasteiger charge is -2.03. The molecule has 0 spiro atoms. The van der Waals surface area contributed by atoms with Gasteiger partial charge in [0.15, 0.2) is 5.78 Å². The fraction of sp³-hybridized carbons (Fsp3) is 0.417. The lowest BCUT2D eigenvalue weighted by Crippen LogP contribution is -1.99. The van der Waals surface area contributed by atoms with E-state index in [1.165, 1.54) is 0 Å². The molecule has 0 saturated carbocycles. The van der Waals surface area contributed by atoms with Crippen LogP contribution in [-0.2, 0) is 4.79 Å². The van der Waals surface area contributed by atoms with E-state index in [0.29, 0.717) is 11.9 Å². The van der Waals surface area contributed by atoms with Crippen molar-refractivity contribution in [2.24, 2.45) is 0 Å². The number of ketones is 1. The van der Waals surface area contributed by atoms with E-state index in [9.17, 15) is 4.79 Å². The van der Waals surface area contributed by atoms with Gasteiger partial charge in [-0.3, -0.25) is 4.79 Å². The summed E-state index contributed by atoms with van der Waals surface area (Å²) < 4.78 is 0. The number of Topliss-reactive ketones (excluding diaryl/α,β-unsaturated/α-hetero) is 1. The van der Waals surface area contributed by atoms with Crippen molar-refractivity contribution in [2.45, 2.75) is 34.1 Å². The number of hydrogen-bond acceptors (Lipinski definition) is 1. The zero-order valence-electron chi connectivity index (χ0n) is 9.42. The average molecular weight is 188 g/mol. The highest BCUT2D eigenvalue weighted by molar-refractivity contribution is 6.24. The van der Waals surface area contributed by atoms with Crippen molar-refractivity contribution in [3.8, 4) is 0 Å². The van der Waals surface area contributed by atoms with E-state index in [1.54, 1.807) is 0 Å². The van der Waals surface area contributed by atoms with Gasteiger partial charge < -0.3 is 0 Å². The lowest BCUT2D eigenvalue weighted by atomic mass is 9.87. The monoisotopic (exact) mass is 188 g/mol. The molecule has 0 aliphatic carbocycles. The second-order valence-corrected chi connectivity index (χ2v) is 3.09. The third kappa shape index (κ3) is 3.78. The van der Waals surface area contributed by atoms with Crippen LogP contribution in [-0.4, -0.2) is 13.6 Å². The molecular weight excluding hydrogens is 171 g/mol. The van der Waals surface area contributed by atoms with E-state index in [-0.39, 0.29) is 5.78 Å². The molecule has 74 valence electrons. The van der Waals surface area contributed by atoms with Crippen molar-refractivity contribution in [3.63, 3.8) is 0 Å². The van der Waals surface area contributed by atoms with Gasteiger partial charge in [0.1, 0.15) is 7.85 Å². The number of rotatable bonds is 4. The molecule has 0 fully saturated rings. The van der Waals surface area contributed by atoms with Crippen LogP contribution in [0.3, 0.4) is 0 Å². The highest BCUT2D eigenvalue weighted by Gasteiger charge is 2.03. The van der Waals surface area contributed by atoms with Crippen LogP contribution in [0.1, 0.15) is 34.1 Å². The summed E-state index contributed by atoms with van der Waals surface area (Å²) in [6.45, 7) is 7.50. The first kappa shape index (κ1) is 13.0. The summed E-state index contributed by atoms with van der Waals surface area (Å²) in [5.74, 6) is 0.149. The Bertz CT molecular complexity index is 295. The lowest BCUT2D eigenvalue weighted by molar-refractivity contribution is -0.115. The SMILES string of the molecule is [B]C(=C/C)/C(C)=C\C(=C/C)C(=O)CC. The molecule has 0 heterocycles. The zero-order chi connectivity index (χ0) is 11.1. The minimum atomic E-state index is 0.149. The van der Waals surface area contributed by atoms with Gasteiger partial charge >= 0.3 is 0 Å². The third-order valence-corrected chi connectivity index (χ3v) is 2.09. The standard InChI is InChI=1S/C12H17BO/c1-5-10(12(14)7-3)8-9(4)11(13)6-2/h5-6,8H,7H2,1-4H3/b9-8-,10-5+,11-6+. The van der Waals surface area contributed by atoms with Crippen LogP contribution >= 0.6 is 0 Å². The Balaban J connectivity index is 4.87. The minimum Gasteiger partial charge on any atom is -0.294 e. The Morgan fingerprint density at radius 1 is 1.29 bits per heavy atom. The van der Waals surface area contributed by atoms with Crippen LogP contribution < -0.4 is 0 Å². The van der Waals surface area contributed by atoms with Gasteiger partial charge in [-0.15, -0.1) is 0 Å². The second kappa shape index (κ2) is 6.42. The van der Waals surface area contributed by atoms with Crippen molar-refractivity contribution in [2.75, 3.05) is 0 Å². The highest BCUT2D eigenvalue weighted by Crippen LogP contribution is 2.11. The maximum Gasteiger partial charge on any atom is 0.162 e. The Labute approximate surface area is 88.0 Å². The number of allylic oxidation sites excluding steroid dienone is 6. The van der Waals surface area contributed by atoms with Crippen molar-refractivity contribution < 1.29 is 4.79 Å². The van der Waals surface area contributed by atoms with E-state index in [2.05, 4.69) is 0 Å². The Hall–Kier alpha value is -1.05. The fourth-order valence-electron chi connectivity index (χ4n) is 1.07. The average Bonchev–Trinajstić information content (AvgIpc) is 2.22. The Morgan fingerprint density at radius 2 is 1.86 bits per heavy atom. The predicted molar refractivity (Wildman–Crippen MR) is 62.3 cm³/mol. The first-order valence-electron chi connectivity index (χ1n) is 4.86. The van der Waals surface area contributed by atoms with E-state index in [4.69, 9.17) is 7.85 Å². The molecule has 0 aliphatic heterocycles. The molecule has 0 aliphatic rings. The highest BCUT2D eigenvalue weighted by atomic mass is 16.1. The number of carbonyl (C=O) groups excluding carboxylic acids is 1. The van der Waals surface area contributed by atoms with Gasteiger partial charge in [0.2, 0.25) is 0 Å². The molecule has 0 aromatic carbocycles. The predicted octanol–water partition coefficient (Wildman–Crippen LogP) is 2.93. The van der Waals surface area contributed by atoms with E-state index in [0.717, 1.165) is 11.1 Å². The van der Waals surface area contributed by atoms with Crippen LogP contribution in [0.2, 0.25) is 0 Å². The Kier molecular flexibility index (Phi) is 5.94. The van der Waals surface area contributed by atoms with Crippen LogP contribution in [0.4, 0.5) is 0 Å². The summed E-state index contributed by atoms with van der Waals surface area (Å²) in [4.78, 5) is 11.4. The first-order chi connectivity index (χ1) is 6.56. The van der Waals surface area contributed by atoms with Crippen molar-refractivity contribution in [1.82, 2.24) is 0 Å². The summed E-state index contributed by atoms with van der Waals surface area (Å²) in [6, 6.07) is 0. The number of hydrogen-bond donors (Lipinski definition) is 0. The first-order valence-corrected chi connectivity index (χ1v) is 4.86. The molecule has 14 heavy (non-hydrogen) atoms. The molecule has 0 N–H and O–H groups in total. The van der Waals surface area contributed by atoms with Gasteiger partial charge in [-0.25, -0.2) is 0 Å². The number of carbonyl (C=O) groups is 1. The molecule has 0 amide bonds. The summed E-state index contributed by atoms with van der Waals surface area (Å²) >= 11 is 0. The minimum absolute atomic E-state index is 0.149. The molecule has 2 heteroatoms. The van der Waals surface area contributed by atoms with Gasteiger partial charge in [0, 0.05) is 12.0 Å².